The predicted molar refractivity (Wildman–Crippen MR) is 107 cm³/mol. The fourth-order valence-electron chi connectivity index (χ4n) is 3.53. The van der Waals surface area contributed by atoms with Gasteiger partial charge < -0.3 is 19.4 Å². The normalized spacial score (nSPS) is 15.4. The van der Waals surface area contributed by atoms with Crippen LogP contribution in [0.1, 0.15) is 21.7 Å². The summed E-state index contributed by atoms with van der Waals surface area (Å²) in [4.78, 5) is 27.4. The van der Waals surface area contributed by atoms with Gasteiger partial charge in [0.1, 0.15) is 24.2 Å². The minimum atomic E-state index is -0.660. The Bertz CT molecular complexity index is 1040. The average Bonchev–Trinajstić information content (AvgIpc) is 3.30. The third-order valence-corrected chi connectivity index (χ3v) is 5.01. The number of hydrogen-bond acceptors (Lipinski definition) is 4. The molecular weight excluding hydrogens is 387 g/mol. The molecule has 1 unspecified atom stereocenters. The fraction of sp³-hybridized carbons (Fsp3) is 0.217. The Labute approximate surface area is 173 Å². The van der Waals surface area contributed by atoms with E-state index in [1.165, 1.54) is 23.3 Å². The molecule has 4 rings (SSSR count). The van der Waals surface area contributed by atoms with Crippen molar-refractivity contribution in [2.24, 2.45) is 0 Å². The monoisotopic (exact) mass is 408 g/mol. The second-order valence-electron chi connectivity index (χ2n) is 7.00. The Hall–Kier alpha value is -3.61. The first-order chi connectivity index (χ1) is 14.6. The van der Waals surface area contributed by atoms with Gasteiger partial charge in [0.25, 0.3) is 5.91 Å². The molecule has 1 aliphatic rings. The van der Waals surface area contributed by atoms with E-state index in [1.54, 1.807) is 24.3 Å². The maximum Gasteiger partial charge on any atom is 0.290 e. The lowest BCUT2D eigenvalue weighted by molar-refractivity contribution is -0.126. The second kappa shape index (κ2) is 8.82. The number of nitrogens with one attached hydrogen (secondary N) is 1. The van der Waals surface area contributed by atoms with Gasteiger partial charge in [0.2, 0.25) is 5.91 Å². The van der Waals surface area contributed by atoms with E-state index in [4.69, 9.17) is 9.15 Å². The molecule has 2 amide bonds. The molecule has 2 aromatic carbocycles. The summed E-state index contributed by atoms with van der Waals surface area (Å²) in [5.41, 5.74) is 2.05. The number of carbonyl (C=O) groups excluding carboxylic acids is 2. The van der Waals surface area contributed by atoms with E-state index >= 15 is 0 Å². The molecule has 0 spiro atoms. The van der Waals surface area contributed by atoms with Crippen molar-refractivity contribution in [3.8, 4) is 5.75 Å². The molecule has 30 heavy (non-hydrogen) atoms. The Morgan fingerprint density at radius 2 is 1.93 bits per heavy atom. The van der Waals surface area contributed by atoms with Crippen LogP contribution in [0.5, 0.6) is 5.75 Å². The van der Waals surface area contributed by atoms with E-state index < -0.39 is 6.04 Å². The molecule has 3 aromatic rings. The molecule has 1 atom stereocenters. The summed E-state index contributed by atoms with van der Waals surface area (Å²) < 4.78 is 23.9. The maximum atomic E-state index is 13.2. The SMILES string of the molecule is O=C(NCCOc1cccc(F)c1)C1Cc2ccccc2CN1C(=O)c1ccco1. The smallest absolute Gasteiger partial charge is 0.290 e. The molecule has 0 radical (unpaired) electrons. The van der Waals surface area contributed by atoms with Crippen LogP contribution in [0, 0.1) is 5.82 Å². The molecule has 0 fully saturated rings. The van der Waals surface area contributed by atoms with Crippen LogP contribution in [0.15, 0.2) is 71.3 Å². The molecule has 0 bridgehead atoms. The van der Waals surface area contributed by atoms with Gasteiger partial charge in [-0.25, -0.2) is 4.39 Å². The molecule has 6 nitrogen and oxygen atoms in total. The molecule has 7 heteroatoms. The first-order valence-corrected chi connectivity index (χ1v) is 9.69. The number of carbonyl (C=O) groups is 2. The molecule has 1 aliphatic heterocycles. The maximum absolute atomic E-state index is 13.2. The Kier molecular flexibility index (Phi) is 5.79. The first kappa shape index (κ1) is 19.7. The van der Waals surface area contributed by atoms with Crippen LogP contribution >= 0.6 is 0 Å². The molecule has 0 saturated heterocycles. The topological polar surface area (TPSA) is 71.8 Å². The van der Waals surface area contributed by atoms with Crippen molar-refractivity contribution in [1.29, 1.82) is 0 Å². The van der Waals surface area contributed by atoms with Gasteiger partial charge in [-0.2, -0.15) is 0 Å². The van der Waals surface area contributed by atoms with Gasteiger partial charge in [0.05, 0.1) is 12.8 Å². The fourth-order valence-corrected chi connectivity index (χ4v) is 3.53. The summed E-state index contributed by atoms with van der Waals surface area (Å²) in [6.07, 6.45) is 1.85. The lowest BCUT2D eigenvalue weighted by Gasteiger charge is -2.35. The number of nitrogens with zero attached hydrogens (tertiary/aromatic N) is 1. The van der Waals surface area contributed by atoms with Crippen molar-refractivity contribution >= 4 is 11.8 Å². The summed E-state index contributed by atoms with van der Waals surface area (Å²) in [5, 5.41) is 2.82. The van der Waals surface area contributed by atoms with E-state index in [1.807, 2.05) is 24.3 Å². The lowest BCUT2D eigenvalue weighted by Crippen LogP contribution is -2.53. The summed E-state index contributed by atoms with van der Waals surface area (Å²) in [6, 6.07) is 16.2. The van der Waals surface area contributed by atoms with Gasteiger partial charge in [-0.05, 0) is 35.4 Å². The largest absolute Gasteiger partial charge is 0.492 e. The van der Waals surface area contributed by atoms with E-state index in [0.29, 0.717) is 18.7 Å². The van der Waals surface area contributed by atoms with Crippen molar-refractivity contribution in [2.45, 2.75) is 19.0 Å². The molecule has 2 heterocycles. The number of ether oxygens (including phenoxy) is 1. The van der Waals surface area contributed by atoms with Crippen LogP contribution in [0.4, 0.5) is 4.39 Å². The average molecular weight is 408 g/mol. The van der Waals surface area contributed by atoms with Crippen LogP contribution in [0.25, 0.3) is 0 Å². The molecule has 0 aliphatic carbocycles. The summed E-state index contributed by atoms with van der Waals surface area (Å²) >= 11 is 0. The molecule has 1 aromatic heterocycles. The third-order valence-electron chi connectivity index (χ3n) is 5.01. The third kappa shape index (κ3) is 4.35. The van der Waals surface area contributed by atoms with Crippen LogP contribution in [0.2, 0.25) is 0 Å². The van der Waals surface area contributed by atoms with E-state index in [0.717, 1.165) is 11.1 Å². The van der Waals surface area contributed by atoms with E-state index in [9.17, 15) is 14.0 Å². The highest BCUT2D eigenvalue weighted by Crippen LogP contribution is 2.25. The summed E-state index contributed by atoms with van der Waals surface area (Å²) in [7, 11) is 0. The van der Waals surface area contributed by atoms with Crippen molar-refractivity contribution in [3.05, 3.63) is 89.6 Å². The van der Waals surface area contributed by atoms with Gasteiger partial charge in [-0.3, -0.25) is 9.59 Å². The number of fused-ring (bicyclic) bond motifs is 1. The van der Waals surface area contributed by atoms with Crippen LogP contribution in [0.3, 0.4) is 0 Å². The van der Waals surface area contributed by atoms with Crippen LogP contribution in [-0.4, -0.2) is 35.9 Å². The van der Waals surface area contributed by atoms with Crippen molar-refractivity contribution < 1.29 is 23.1 Å². The van der Waals surface area contributed by atoms with Gasteiger partial charge in [0, 0.05) is 19.0 Å². The number of hydrogen-bond donors (Lipinski definition) is 1. The number of rotatable bonds is 6. The number of amides is 2. The minimum Gasteiger partial charge on any atom is -0.492 e. The second-order valence-corrected chi connectivity index (χ2v) is 7.00. The Morgan fingerprint density at radius 1 is 1.10 bits per heavy atom. The van der Waals surface area contributed by atoms with Gasteiger partial charge in [-0.1, -0.05) is 30.3 Å². The van der Waals surface area contributed by atoms with Crippen molar-refractivity contribution in [2.75, 3.05) is 13.2 Å². The Balaban J connectivity index is 1.42. The first-order valence-electron chi connectivity index (χ1n) is 9.69. The highest BCUT2D eigenvalue weighted by molar-refractivity contribution is 5.96. The van der Waals surface area contributed by atoms with E-state index in [-0.39, 0.29) is 36.5 Å². The Morgan fingerprint density at radius 3 is 2.70 bits per heavy atom. The zero-order chi connectivity index (χ0) is 20.9. The molecule has 1 N–H and O–H groups in total. The van der Waals surface area contributed by atoms with Gasteiger partial charge in [-0.15, -0.1) is 0 Å². The zero-order valence-electron chi connectivity index (χ0n) is 16.2. The molecule has 0 saturated carbocycles. The van der Waals surface area contributed by atoms with Crippen molar-refractivity contribution in [1.82, 2.24) is 10.2 Å². The van der Waals surface area contributed by atoms with Crippen molar-refractivity contribution in [3.63, 3.8) is 0 Å². The zero-order valence-corrected chi connectivity index (χ0v) is 16.2. The minimum absolute atomic E-state index is 0.185. The van der Waals surface area contributed by atoms with Gasteiger partial charge >= 0.3 is 0 Å². The number of halogens is 1. The lowest BCUT2D eigenvalue weighted by atomic mass is 9.93. The molecular formula is C23H21FN2O4. The van der Waals surface area contributed by atoms with Crippen LogP contribution in [-0.2, 0) is 17.8 Å². The quantitative estimate of drug-likeness (QED) is 0.636. The number of furan rings is 1. The van der Waals surface area contributed by atoms with E-state index in [2.05, 4.69) is 5.32 Å². The number of benzene rings is 2. The highest BCUT2D eigenvalue weighted by atomic mass is 19.1. The standard InChI is InChI=1S/C23H21FN2O4/c24-18-7-3-8-19(14-18)29-12-10-25-22(27)20-13-16-5-1-2-6-17(16)15-26(20)23(28)21-9-4-11-30-21/h1-9,11,14,20H,10,12-13,15H2,(H,25,27). The summed E-state index contributed by atoms with van der Waals surface area (Å²) in [6.45, 7) is 0.745. The highest BCUT2D eigenvalue weighted by Gasteiger charge is 2.35. The predicted octanol–water partition coefficient (Wildman–Crippen LogP) is 3.18. The molecule has 154 valence electrons. The summed E-state index contributed by atoms with van der Waals surface area (Å²) in [5.74, 6) is -0.394. The van der Waals surface area contributed by atoms with Gasteiger partial charge in [0.15, 0.2) is 5.76 Å². The van der Waals surface area contributed by atoms with Crippen LogP contribution < -0.4 is 10.1 Å².